The van der Waals surface area contributed by atoms with Gasteiger partial charge in [0.15, 0.2) is 0 Å². The molecule has 0 bridgehead atoms. The van der Waals surface area contributed by atoms with Crippen molar-refractivity contribution in [2.45, 2.75) is 50.7 Å². The zero-order valence-corrected chi connectivity index (χ0v) is 15.4. The van der Waals surface area contributed by atoms with Gasteiger partial charge in [0, 0.05) is 32.2 Å². The number of hydrogen-bond acceptors (Lipinski definition) is 4. The molecule has 25 heavy (non-hydrogen) atoms. The van der Waals surface area contributed by atoms with Crippen LogP contribution in [0.1, 0.15) is 38.5 Å². The summed E-state index contributed by atoms with van der Waals surface area (Å²) in [6.45, 7) is 4.10. The number of nitrogens with zero attached hydrogens (tertiary/aromatic N) is 2. The van der Waals surface area contributed by atoms with E-state index in [-0.39, 0.29) is 6.10 Å². The summed E-state index contributed by atoms with van der Waals surface area (Å²) in [4.78, 5) is 4.98. The molecule has 0 amide bonds. The topological polar surface area (TPSA) is 35.9 Å². The zero-order chi connectivity index (χ0) is 17.2. The molecule has 4 atom stereocenters. The molecule has 4 heteroatoms. The summed E-state index contributed by atoms with van der Waals surface area (Å²) in [6.07, 6.45) is 7.60. The molecule has 0 radical (unpaired) electrons. The van der Waals surface area contributed by atoms with E-state index in [4.69, 9.17) is 4.74 Å². The van der Waals surface area contributed by atoms with Crippen molar-refractivity contribution in [3.05, 3.63) is 24.3 Å². The molecule has 2 aliphatic carbocycles. The second-order valence-electron chi connectivity index (χ2n) is 8.11. The second-order valence-corrected chi connectivity index (χ2v) is 8.11. The van der Waals surface area contributed by atoms with Crippen molar-refractivity contribution in [2.24, 2.45) is 11.8 Å². The van der Waals surface area contributed by atoms with E-state index in [2.05, 4.69) is 21.9 Å². The number of aliphatic hydroxyl groups is 1. The van der Waals surface area contributed by atoms with Gasteiger partial charge in [-0.05, 0) is 36.8 Å². The Balaban J connectivity index is 1.38. The van der Waals surface area contributed by atoms with Crippen LogP contribution in [0.3, 0.4) is 0 Å². The number of aliphatic hydroxyl groups excluding tert-OH is 1. The van der Waals surface area contributed by atoms with Gasteiger partial charge in [-0.3, -0.25) is 4.90 Å². The maximum absolute atomic E-state index is 10.7. The van der Waals surface area contributed by atoms with E-state index in [9.17, 15) is 5.11 Å². The first kappa shape index (κ1) is 17.2. The van der Waals surface area contributed by atoms with Crippen LogP contribution in [0.5, 0.6) is 5.75 Å². The quantitative estimate of drug-likeness (QED) is 0.914. The number of fused-ring (bicyclic) bond motifs is 1. The predicted octanol–water partition coefficient (Wildman–Crippen LogP) is 3.15. The Morgan fingerprint density at radius 1 is 0.960 bits per heavy atom. The molecule has 1 aromatic carbocycles. The molecular formula is C21H32N2O2. The van der Waals surface area contributed by atoms with Crippen LogP contribution in [0.4, 0.5) is 5.69 Å². The molecule has 138 valence electrons. The molecule has 3 aliphatic rings. The third kappa shape index (κ3) is 3.52. The fourth-order valence-corrected chi connectivity index (χ4v) is 5.42. The Labute approximate surface area is 151 Å². The highest BCUT2D eigenvalue weighted by molar-refractivity contribution is 5.58. The summed E-state index contributed by atoms with van der Waals surface area (Å²) >= 11 is 0. The smallest absolute Gasteiger partial charge is 0.142 e. The average Bonchev–Trinajstić information content (AvgIpc) is 2.67. The molecular weight excluding hydrogens is 312 g/mol. The predicted molar refractivity (Wildman–Crippen MR) is 101 cm³/mol. The molecule has 0 aromatic heterocycles. The van der Waals surface area contributed by atoms with Crippen molar-refractivity contribution in [2.75, 3.05) is 38.2 Å². The van der Waals surface area contributed by atoms with Gasteiger partial charge in [-0.25, -0.2) is 0 Å². The summed E-state index contributed by atoms with van der Waals surface area (Å²) in [7, 11) is 1.74. The Bertz CT molecular complexity index is 571. The maximum Gasteiger partial charge on any atom is 0.142 e. The van der Waals surface area contributed by atoms with E-state index in [0.29, 0.717) is 6.04 Å². The minimum Gasteiger partial charge on any atom is -0.495 e. The third-order valence-electron chi connectivity index (χ3n) is 6.81. The first-order chi connectivity index (χ1) is 12.3. The third-order valence-corrected chi connectivity index (χ3v) is 6.81. The van der Waals surface area contributed by atoms with Crippen molar-refractivity contribution in [3.63, 3.8) is 0 Å². The van der Waals surface area contributed by atoms with Crippen LogP contribution in [-0.4, -0.2) is 55.4 Å². The van der Waals surface area contributed by atoms with E-state index in [1.807, 2.05) is 12.1 Å². The number of rotatable bonds is 3. The normalized spacial score (nSPS) is 33.8. The van der Waals surface area contributed by atoms with E-state index < -0.39 is 0 Å². The Kier molecular flexibility index (Phi) is 5.18. The lowest BCUT2D eigenvalue weighted by Gasteiger charge is -2.48. The summed E-state index contributed by atoms with van der Waals surface area (Å²) in [5.74, 6) is 2.60. The molecule has 3 fully saturated rings. The highest BCUT2D eigenvalue weighted by Gasteiger charge is 2.40. The summed E-state index contributed by atoms with van der Waals surface area (Å²) < 4.78 is 5.52. The molecule has 1 aliphatic heterocycles. The summed E-state index contributed by atoms with van der Waals surface area (Å²) in [5, 5.41) is 10.7. The van der Waals surface area contributed by atoms with Crippen molar-refractivity contribution in [1.29, 1.82) is 0 Å². The van der Waals surface area contributed by atoms with Crippen LogP contribution in [0.25, 0.3) is 0 Å². The zero-order valence-electron chi connectivity index (χ0n) is 15.4. The molecule has 2 saturated carbocycles. The van der Waals surface area contributed by atoms with Crippen LogP contribution in [0.15, 0.2) is 24.3 Å². The van der Waals surface area contributed by atoms with Crippen molar-refractivity contribution in [3.8, 4) is 5.75 Å². The molecule has 1 heterocycles. The summed E-state index contributed by atoms with van der Waals surface area (Å²) in [5.41, 5.74) is 1.20. The van der Waals surface area contributed by atoms with Crippen LogP contribution in [0.2, 0.25) is 0 Å². The molecule has 4 nitrogen and oxygen atoms in total. The molecule has 1 aromatic rings. The van der Waals surface area contributed by atoms with Gasteiger partial charge in [0.2, 0.25) is 0 Å². The molecule has 4 unspecified atom stereocenters. The summed E-state index contributed by atoms with van der Waals surface area (Å²) in [6, 6.07) is 8.67. The highest BCUT2D eigenvalue weighted by Crippen LogP contribution is 2.42. The fraction of sp³-hybridized carbons (Fsp3) is 0.714. The van der Waals surface area contributed by atoms with Gasteiger partial charge in [-0.2, -0.15) is 0 Å². The Morgan fingerprint density at radius 3 is 2.36 bits per heavy atom. The van der Waals surface area contributed by atoms with Crippen LogP contribution < -0.4 is 9.64 Å². The van der Waals surface area contributed by atoms with E-state index in [0.717, 1.165) is 50.2 Å². The van der Waals surface area contributed by atoms with Gasteiger partial charge in [-0.15, -0.1) is 0 Å². The number of methoxy groups -OCH3 is 1. The lowest BCUT2D eigenvalue weighted by molar-refractivity contribution is -0.0332. The van der Waals surface area contributed by atoms with Crippen LogP contribution >= 0.6 is 0 Å². The first-order valence-electron chi connectivity index (χ1n) is 10.1. The van der Waals surface area contributed by atoms with E-state index >= 15 is 0 Å². The van der Waals surface area contributed by atoms with Crippen molar-refractivity contribution >= 4 is 5.69 Å². The SMILES string of the molecule is COc1ccccc1N1CCN(C2CC3CCCCC3CC2O)CC1. The van der Waals surface area contributed by atoms with Gasteiger partial charge in [0.05, 0.1) is 18.9 Å². The standard InChI is InChI=1S/C21H32N2O2/c1-25-21-9-5-4-8-18(21)22-10-12-23(13-11-22)19-14-16-6-2-3-7-17(16)15-20(19)24/h4-5,8-9,16-17,19-20,24H,2-3,6-7,10-15H2,1H3. The first-order valence-corrected chi connectivity index (χ1v) is 10.1. The van der Waals surface area contributed by atoms with Crippen molar-refractivity contribution < 1.29 is 9.84 Å². The molecule has 1 N–H and O–H groups in total. The number of benzene rings is 1. The molecule has 0 spiro atoms. The average molecular weight is 344 g/mol. The number of piperazine rings is 1. The second kappa shape index (κ2) is 7.55. The minimum atomic E-state index is -0.128. The Hall–Kier alpha value is -1.26. The molecule has 1 saturated heterocycles. The number of anilines is 1. The van der Waals surface area contributed by atoms with Gasteiger partial charge < -0.3 is 14.7 Å². The fourth-order valence-electron chi connectivity index (χ4n) is 5.42. The monoisotopic (exact) mass is 344 g/mol. The van der Waals surface area contributed by atoms with Gasteiger partial charge in [0.1, 0.15) is 5.75 Å². The maximum atomic E-state index is 10.7. The van der Waals surface area contributed by atoms with E-state index in [1.54, 1.807) is 7.11 Å². The van der Waals surface area contributed by atoms with Gasteiger partial charge in [0.25, 0.3) is 0 Å². The number of hydrogen-bond donors (Lipinski definition) is 1. The lowest BCUT2D eigenvalue weighted by atomic mass is 9.68. The van der Waals surface area contributed by atoms with Crippen LogP contribution in [-0.2, 0) is 0 Å². The van der Waals surface area contributed by atoms with Crippen molar-refractivity contribution in [1.82, 2.24) is 4.90 Å². The van der Waals surface area contributed by atoms with E-state index in [1.165, 1.54) is 37.8 Å². The lowest BCUT2D eigenvalue weighted by Crippen LogP contribution is -2.56. The number of ether oxygens (including phenoxy) is 1. The minimum absolute atomic E-state index is 0.128. The Morgan fingerprint density at radius 2 is 1.64 bits per heavy atom. The van der Waals surface area contributed by atoms with Gasteiger partial charge >= 0.3 is 0 Å². The van der Waals surface area contributed by atoms with Crippen LogP contribution in [0, 0.1) is 11.8 Å². The molecule has 4 rings (SSSR count). The largest absolute Gasteiger partial charge is 0.495 e. The van der Waals surface area contributed by atoms with Gasteiger partial charge in [-0.1, -0.05) is 37.8 Å². The number of para-hydroxylation sites is 2. The highest BCUT2D eigenvalue weighted by atomic mass is 16.5.